The summed E-state index contributed by atoms with van der Waals surface area (Å²) in [6.45, 7) is 3.43. The molecule has 0 unspecified atom stereocenters. The zero-order valence-electron chi connectivity index (χ0n) is 36.4. The Kier molecular flexibility index (Phi) is 39.7. The molecule has 0 amide bonds. The number of carbonyl (C=O) groups is 2. The molecule has 4 N–H and O–H groups in total. The van der Waals surface area contributed by atoms with Crippen molar-refractivity contribution in [1.82, 2.24) is 0 Å². The second-order valence-corrected chi connectivity index (χ2v) is 16.7. The van der Waals surface area contributed by atoms with Gasteiger partial charge < -0.3 is 29.5 Å². The minimum Gasteiger partial charge on any atom is -0.462 e. The molecule has 58 heavy (non-hydrogen) atoms. The topological polar surface area (TPSA) is 160 Å². The molecule has 0 spiro atoms. The molecule has 0 fully saturated rings. The highest BCUT2D eigenvalue weighted by Gasteiger charge is 2.23. The Morgan fingerprint density at radius 2 is 0.983 bits per heavy atom. The van der Waals surface area contributed by atoms with Crippen molar-refractivity contribution in [3.8, 4) is 0 Å². The van der Waals surface area contributed by atoms with Gasteiger partial charge >= 0.3 is 19.8 Å². The zero-order chi connectivity index (χ0) is 42.8. The number of ether oxygens (including phenoxy) is 2. The summed E-state index contributed by atoms with van der Waals surface area (Å²) in [6.07, 6.45) is 45.7. The van der Waals surface area contributed by atoms with Crippen molar-refractivity contribution in [3.63, 3.8) is 0 Å². The molecule has 10 nitrogen and oxygen atoms in total. The Morgan fingerprint density at radius 3 is 1.53 bits per heavy atom. The van der Waals surface area contributed by atoms with Crippen LogP contribution in [-0.2, 0) is 28.2 Å². The largest absolute Gasteiger partial charge is 0.469 e. The smallest absolute Gasteiger partial charge is 0.462 e. The summed E-state index contributed by atoms with van der Waals surface area (Å²) in [5.74, 6) is -1.13. The average molecular weight is 839 g/mol. The third kappa shape index (κ3) is 43.3. The molecule has 0 aromatic carbocycles. The fraction of sp³-hybridized carbons (Fsp3) is 0.745. The zero-order valence-corrected chi connectivity index (χ0v) is 37.3. The van der Waals surface area contributed by atoms with Gasteiger partial charge in [0.2, 0.25) is 0 Å². The number of phosphoric ester groups is 1. The lowest BCUT2D eigenvalue weighted by Crippen LogP contribution is -2.29. The van der Waals surface area contributed by atoms with E-state index in [1.165, 1.54) is 116 Å². The van der Waals surface area contributed by atoms with E-state index in [1.54, 1.807) is 36.5 Å². The van der Waals surface area contributed by atoms with E-state index >= 15 is 0 Å². The van der Waals surface area contributed by atoms with Crippen molar-refractivity contribution in [1.29, 1.82) is 0 Å². The van der Waals surface area contributed by atoms with Crippen molar-refractivity contribution in [2.24, 2.45) is 0 Å². The number of hydrogen-bond donors (Lipinski definition) is 4. The molecule has 11 heteroatoms. The van der Waals surface area contributed by atoms with Gasteiger partial charge in [-0.1, -0.05) is 177 Å². The summed E-state index contributed by atoms with van der Waals surface area (Å²) in [5, 5.41) is 20.2. The Bertz CT molecular complexity index is 1160. The summed E-state index contributed by atoms with van der Waals surface area (Å²) in [4.78, 5) is 43.0. The van der Waals surface area contributed by atoms with Crippen LogP contribution in [0.3, 0.4) is 0 Å². The second-order valence-electron chi connectivity index (χ2n) is 15.4. The van der Waals surface area contributed by atoms with Crippen molar-refractivity contribution in [2.75, 3.05) is 13.2 Å². The number of phosphoric acid groups is 1. The van der Waals surface area contributed by atoms with Crippen LogP contribution < -0.4 is 0 Å². The molecule has 0 aliphatic rings. The number of hydrogen-bond acceptors (Lipinski definition) is 8. The van der Waals surface area contributed by atoms with Gasteiger partial charge in [-0.2, -0.15) is 0 Å². The maximum absolute atomic E-state index is 12.4. The van der Waals surface area contributed by atoms with Crippen LogP contribution in [0.25, 0.3) is 0 Å². The van der Waals surface area contributed by atoms with Crippen molar-refractivity contribution >= 4 is 19.8 Å². The van der Waals surface area contributed by atoms with Gasteiger partial charge in [0.15, 0.2) is 6.10 Å². The number of aliphatic hydroxyl groups excluding tert-OH is 2. The molecule has 0 saturated carbocycles. The monoisotopic (exact) mass is 839 g/mol. The molecular formula is C47H83O10P. The minimum absolute atomic E-state index is 0.0496. The molecule has 0 aromatic rings. The summed E-state index contributed by atoms with van der Waals surface area (Å²) >= 11 is 0. The van der Waals surface area contributed by atoms with Gasteiger partial charge in [-0.15, -0.1) is 0 Å². The summed E-state index contributed by atoms with van der Waals surface area (Å²) in [5.41, 5.74) is 0. The number of esters is 2. The van der Waals surface area contributed by atoms with E-state index in [4.69, 9.17) is 19.3 Å². The van der Waals surface area contributed by atoms with Crippen LogP contribution in [0.5, 0.6) is 0 Å². The van der Waals surface area contributed by atoms with E-state index in [2.05, 4.69) is 36.6 Å². The first kappa shape index (κ1) is 55.7. The number of unbranched alkanes of at least 4 members (excludes halogenated alkanes) is 20. The van der Waals surface area contributed by atoms with Crippen molar-refractivity contribution in [2.45, 2.75) is 212 Å². The quantitative estimate of drug-likeness (QED) is 0.0153. The molecular weight excluding hydrogens is 755 g/mol. The van der Waals surface area contributed by atoms with Gasteiger partial charge in [0.1, 0.15) is 6.61 Å². The maximum Gasteiger partial charge on any atom is 0.469 e. The highest BCUT2D eigenvalue weighted by Crippen LogP contribution is 2.36. The lowest BCUT2D eigenvalue weighted by Gasteiger charge is -2.18. The third-order valence-electron chi connectivity index (χ3n) is 9.70. The van der Waals surface area contributed by atoms with E-state index in [-0.39, 0.29) is 25.9 Å². The molecule has 0 bridgehead atoms. The Labute approximate surface area is 352 Å². The van der Waals surface area contributed by atoms with E-state index in [1.807, 2.05) is 6.08 Å². The first-order chi connectivity index (χ1) is 28.1. The van der Waals surface area contributed by atoms with E-state index in [9.17, 15) is 24.4 Å². The SMILES string of the molecule is CCCCC/C=C\C[C@H](O)/C=C/C=C/C=C\[C@H](O)CCCC(=O)O[C@H](COC(=O)CCCCCCCCCCCCC/C=C\CCCCCCCC)COP(=O)(O)O. The molecule has 336 valence electrons. The van der Waals surface area contributed by atoms with Crippen molar-refractivity contribution < 1.29 is 48.2 Å². The third-order valence-corrected chi connectivity index (χ3v) is 10.2. The fourth-order valence-electron chi connectivity index (χ4n) is 6.21. The van der Waals surface area contributed by atoms with Gasteiger partial charge in [-0.25, -0.2) is 4.57 Å². The molecule has 0 saturated heterocycles. The summed E-state index contributed by atoms with van der Waals surface area (Å²) in [6, 6.07) is 0. The number of aliphatic hydroxyl groups is 2. The first-order valence-corrected chi connectivity index (χ1v) is 24.3. The van der Waals surface area contributed by atoms with Crippen LogP contribution >= 0.6 is 7.82 Å². The standard InChI is InChI=1S/C47H83O10P/c1-3-5-7-9-11-12-13-14-15-16-17-18-19-20-21-22-23-24-25-27-33-39-46(50)55-41-45(42-56-58(52,53)54)57-47(51)40-34-38-44(49)37-32-29-28-31-36-43(48)35-30-26-10-8-6-4-2/h14-15,26,28-32,36-37,43-45,48-49H,3-13,16-25,27,33-35,38-42H2,1-2H3,(H2,52,53,54)/b15-14-,29-28+,30-26-,36-31+,37-32-/t43-,44-,45+/m0/s1. The lowest BCUT2D eigenvalue weighted by atomic mass is 10.0. The van der Waals surface area contributed by atoms with Crippen LogP contribution in [0.15, 0.2) is 60.8 Å². The number of rotatable bonds is 41. The fourth-order valence-corrected chi connectivity index (χ4v) is 6.57. The van der Waals surface area contributed by atoms with Gasteiger partial charge in [-0.3, -0.25) is 14.1 Å². The van der Waals surface area contributed by atoms with E-state index in [0.717, 1.165) is 25.7 Å². The number of carbonyl (C=O) groups excluding carboxylic acids is 2. The molecule has 0 radical (unpaired) electrons. The predicted molar refractivity (Wildman–Crippen MR) is 237 cm³/mol. The first-order valence-electron chi connectivity index (χ1n) is 22.8. The van der Waals surface area contributed by atoms with E-state index < -0.39 is 44.7 Å². The highest BCUT2D eigenvalue weighted by atomic mass is 31.2. The number of allylic oxidation sites excluding steroid dienone is 7. The summed E-state index contributed by atoms with van der Waals surface area (Å²) < 4.78 is 26.3. The van der Waals surface area contributed by atoms with Crippen LogP contribution in [0.1, 0.15) is 194 Å². The molecule has 3 atom stereocenters. The molecule has 0 aliphatic carbocycles. The second kappa shape index (κ2) is 41.4. The van der Waals surface area contributed by atoms with E-state index in [0.29, 0.717) is 19.3 Å². The van der Waals surface area contributed by atoms with Crippen molar-refractivity contribution in [3.05, 3.63) is 60.8 Å². The predicted octanol–water partition coefficient (Wildman–Crippen LogP) is 12.0. The Morgan fingerprint density at radius 1 is 0.534 bits per heavy atom. The Balaban J connectivity index is 4.09. The van der Waals surface area contributed by atoms with Gasteiger partial charge in [0, 0.05) is 12.8 Å². The highest BCUT2D eigenvalue weighted by molar-refractivity contribution is 7.46. The van der Waals surface area contributed by atoms with Crippen LogP contribution in [0.2, 0.25) is 0 Å². The lowest BCUT2D eigenvalue weighted by molar-refractivity contribution is -0.161. The Hall–Kier alpha value is -2.33. The van der Waals surface area contributed by atoms with Gasteiger partial charge in [0.25, 0.3) is 0 Å². The van der Waals surface area contributed by atoms with Crippen LogP contribution in [-0.4, -0.2) is 63.5 Å². The molecule has 0 heterocycles. The average Bonchev–Trinajstić information content (AvgIpc) is 3.18. The van der Waals surface area contributed by atoms with Crippen LogP contribution in [0, 0.1) is 0 Å². The summed E-state index contributed by atoms with van der Waals surface area (Å²) in [7, 11) is -4.83. The van der Waals surface area contributed by atoms with Gasteiger partial charge in [0.05, 0.1) is 18.8 Å². The van der Waals surface area contributed by atoms with Gasteiger partial charge in [-0.05, 0) is 64.2 Å². The normalized spacial score (nSPS) is 14.1. The molecule has 0 aliphatic heterocycles. The maximum atomic E-state index is 12.4. The molecule has 0 aromatic heterocycles. The van der Waals surface area contributed by atoms with Crippen LogP contribution in [0.4, 0.5) is 0 Å². The molecule has 0 rings (SSSR count). The minimum atomic E-state index is -4.83.